The molecular formula is C20H15NO4. The summed E-state index contributed by atoms with van der Waals surface area (Å²) in [6.45, 7) is 0.160. The molecule has 5 nitrogen and oxygen atoms in total. The summed E-state index contributed by atoms with van der Waals surface area (Å²) >= 11 is 0. The molecule has 2 amide bonds. The van der Waals surface area contributed by atoms with Crippen LogP contribution in [0.25, 0.3) is 17.0 Å². The van der Waals surface area contributed by atoms with Gasteiger partial charge in [0.15, 0.2) is 0 Å². The zero-order chi connectivity index (χ0) is 17.2. The van der Waals surface area contributed by atoms with Crippen LogP contribution in [0.15, 0.2) is 71.2 Å². The highest BCUT2D eigenvalue weighted by molar-refractivity contribution is 6.02. The van der Waals surface area contributed by atoms with Gasteiger partial charge in [-0.2, -0.15) is 0 Å². The molecule has 0 spiro atoms. The van der Waals surface area contributed by atoms with E-state index in [9.17, 15) is 9.59 Å². The van der Waals surface area contributed by atoms with Crippen molar-refractivity contribution in [2.75, 3.05) is 6.61 Å². The van der Waals surface area contributed by atoms with E-state index in [1.165, 1.54) is 6.08 Å². The Hall–Kier alpha value is -3.34. The first-order valence-electron chi connectivity index (χ1n) is 7.94. The Labute approximate surface area is 144 Å². The van der Waals surface area contributed by atoms with E-state index < -0.39 is 18.0 Å². The number of para-hydroxylation sites is 1. The highest BCUT2D eigenvalue weighted by atomic mass is 16.6. The number of hydrogen-bond acceptors (Lipinski definition) is 4. The Balaban J connectivity index is 1.57. The van der Waals surface area contributed by atoms with Crippen molar-refractivity contribution in [3.63, 3.8) is 0 Å². The standard InChI is InChI=1S/C20H15NO4/c22-19(11-10-16-12-15-8-4-5-9-18(15)25-16)21-17(13-24-20(21)23)14-6-2-1-3-7-14/h1-12,17H,13H2/b11-10+. The van der Waals surface area contributed by atoms with Crippen LogP contribution in [-0.2, 0) is 9.53 Å². The van der Waals surface area contributed by atoms with Crippen LogP contribution in [0.3, 0.4) is 0 Å². The molecule has 2 heterocycles. The van der Waals surface area contributed by atoms with Gasteiger partial charge < -0.3 is 9.15 Å². The predicted molar refractivity (Wildman–Crippen MR) is 92.6 cm³/mol. The first-order chi connectivity index (χ1) is 12.2. The maximum absolute atomic E-state index is 12.5. The molecule has 4 rings (SSSR count). The second kappa shape index (κ2) is 6.28. The minimum Gasteiger partial charge on any atom is -0.457 e. The quantitative estimate of drug-likeness (QED) is 0.675. The molecule has 1 fully saturated rings. The SMILES string of the molecule is O=C(/C=C/c1cc2ccccc2o1)N1C(=O)OCC1c1ccccc1. The molecule has 3 aromatic rings. The van der Waals surface area contributed by atoms with Crippen LogP contribution in [0.5, 0.6) is 0 Å². The van der Waals surface area contributed by atoms with Crippen LogP contribution in [-0.4, -0.2) is 23.5 Å². The molecule has 5 heteroatoms. The number of carbonyl (C=O) groups excluding carboxylic acids is 2. The summed E-state index contributed by atoms with van der Waals surface area (Å²) in [5, 5.41) is 0.956. The van der Waals surface area contributed by atoms with Gasteiger partial charge in [-0.25, -0.2) is 9.69 Å². The number of nitrogens with zero attached hydrogens (tertiary/aromatic N) is 1. The van der Waals surface area contributed by atoms with Gasteiger partial charge in [0.25, 0.3) is 5.91 Å². The van der Waals surface area contributed by atoms with Gasteiger partial charge in [-0.3, -0.25) is 4.79 Å². The highest BCUT2D eigenvalue weighted by Gasteiger charge is 2.37. The van der Waals surface area contributed by atoms with Crippen molar-refractivity contribution in [3.8, 4) is 0 Å². The van der Waals surface area contributed by atoms with Crippen LogP contribution in [0.4, 0.5) is 4.79 Å². The van der Waals surface area contributed by atoms with Gasteiger partial charge in [-0.15, -0.1) is 0 Å². The van der Waals surface area contributed by atoms with Gasteiger partial charge in [0, 0.05) is 11.5 Å². The summed E-state index contributed by atoms with van der Waals surface area (Å²) in [5.41, 5.74) is 1.61. The van der Waals surface area contributed by atoms with E-state index in [4.69, 9.17) is 9.15 Å². The van der Waals surface area contributed by atoms with Crippen LogP contribution < -0.4 is 0 Å². The minimum absolute atomic E-state index is 0.160. The Bertz CT molecular complexity index is 925. The fourth-order valence-corrected chi connectivity index (χ4v) is 2.90. The fourth-order valence-electron chi connectivity index (χ4n) is 2.90. The molecule has 124 valence electrons. The van der Waals surface area contributed by atoms with Crippen LogP contribution in [0.1, 0.15) is 17.4 Å². The number of hydrogen-bond donors (Lipinski definition) is 0. The van der Waals surface area contributed by atoms with Gasteiger partial charge in [-0.05, 0) is 23.8 Å². The first-order valence-corrected chi connectivity index (χ1v) is 7.94. The van der Waals surface area contributed by atoms with Gasteiger partial charge in [0.1, 0.15) is 24.0 Å². The van der Waals surface area contributed by atoms with Crippen LogP contribution in [0, 0.1) is 0 Å². The lowest BCUT2D eigenvalue weighted by atomic mass is 10.1. The summed E-state index contributed by atoms with van der Waals surface area (Å²) in [6, 6.07) is 18.4. The van der Waals surface area contributed by atoms with E-state index in [1.807, 2.05) is 60.7 Å². The topological polar surface area (TPSA) is 59.8 Å². The van der Waals surface area contributed by atoms with Crippen LogP contribution >= 0.6 is 0 Å². The number of furan rings is 1. The Morgan fingerprint density at radius 3 is 2.64 bits per heavy atom. The average Bonchev–Trinajstić information content (AvgIpc) is 3.23. The lowest BCUT2D eigenvalue weighted by Gasteiger charge is -2.18. The van der Waals surface area contributed by atoms with Crippen molar-refractivity contribution >= 4 is 29.0 Å². The monoisotopic (exact) mass is 333 g/mol. The highest BCUT2D eigenvalue weighted by Crippen LogP contribution is 2.28. The summed E-state index contributed by atoms with van der Waals surface area (Å²) in [6.07, 6.45) is 2.27. The third-order valence-electron chi connectivity index (χ3n) is 4.13. The zero-order valence-corrected chi connectivity index (χ0v) is 13.3. The van der Waals surface area contributed by atoms with Crippen molar-refractivity contribution < 1.29 is 18.7 Å². The number of ether oxygens (including phenoxy) is 1. The van der Waals surface area contributed by atoms with Gasteiger partial charge in [0.2, 0.25) is 0 Å². The average molecular weight is 333 g/mol. The molecule has 1 unspecified atom stereocenters. The third kappa shape index (κ3) is 2.92. The molecule has 1 aliphatic heterocycles. The van der Waals surface area contributed by atoms with Crippen molar-refractivity contribution in [2.45, 2.75) is 6.04 Å². The van der Waals surface area contributed by atoms with Crippen LogP contribution in [0.2, 0.25) is 0 Å². The van der Waals surface area contributed by atoms with Gasteiger partial charge >= 0.3 is 6.09 Å². The summed E-state index contributed by atoms with van der Waals surface area (Å²) in [5.74, 6) is 0.121. The second-order valence-electron chi connectivity index (χ2n) is 5.73. The maximum atomic E-state index is 12.5. The van der Waals surface area contributed by atoms with Crippen molar-refractivity contribution in [1.82, 2.24) is 4.90 Å². The molecule has 0 aliphatic carbocycles. The molecule has 1 saturated heterocycles. The van der Waals surface area contributed by atoms with E-state index in [0.29, 0.717) is 5.76 Å². The zero-order valence-electron chi connectivity index (χ0n) is 13.3. The molecule has 0 bridgehead atoms. The molecular weight excluding hydrogens is 318 g/mol. The maximum Gasteiger partial charge on any atom is 0.417 e. The molecule has 1 aromatic heterocycles. The van der Waals surface area contributed by atoms with Gasteiger partial charge in [0.05, 0.1) is 0 Å². The summed E-state index contributed by atoms with van der Waals surface area (Å²) < 4.78 is 10.7. The number of carbonyl (C=O) groups is 2. The normalized spacial score (nSPS) is 17.4. The molecule has 2 aromatic carbocycles. The van der Waals surface area contributed by atoms with Crippen molar-refractivity contribution in [2.24, 2.45) is 0 Å². The number of fused-ring (bicyclic) bond motifs is 1. The molecule has 1 atom stereocenters. The van der Waals surface area contributed by atoms with E-state index >= 15 is 0 Å². The minimum atomic E-state index is -0.631. The molecule has 0 N–H and O–H groups in total. The van der Waals surface area contributed by atoms with E-state index in [-0.39, 0.29) is 6.61 Å². The van der Waals surface area contributed by atoms with E-state index in [2.05, 4.69) is 0 Å². The largest absolute Gasteiger partial charge is 0.457 e. The van der Waals surface area contributed by atoms with E-state index in [1.54, 1.807) is 6.08 Å². The molecule has 0 radical (unpaired) electrons. The van der Waals surface area contributed by atoms with Gasteiger partial charge in [-0.1, -0.05) is 48.5 Å². The molecule has 25 heavy (non-hydrogen) atoms. The number of benzene rings is 2. The Morgan fingerprint density at radius 1 is 1.08 bits per heavy atom. The smallest absolute Gasteiger partial charge is 0.417 e. The number of rotatable bonds is 3. The fraction of sp³-hybridized carbons (Fsp3) is 0.100. The molecule has 1 aliphatic rings. The number of imide groups is 1. The molecule has 0 saturated carbocycles. The van der Waals surface area contributed by atoms with E-state index in [0.717, 1.165) is 21.4 Å². The summed E-state index contributed by atoms with van der Waals surface area (Å²) in [7, 11) is 0. The first kappa shape index (κ1) is 15.2. The van der Waals surface area contributed by atoms with Crippen molar-refractivity contribution in [3.05, 3.63) is 78.1 Å². The third-order valence-corrected chi connectivity index (χ3v) is 4.13. The Morgan fingerprint density at radius 2 is 1.84 bits per heavy atom. The second-order valence-corrected chi connectivity index (χ2v) is 5.73. The summed E-state index contributed by atoms with van der Waals surface area (Å²) in [4.78, 5) is 25.6. The lowest BCUT2D eigenvalue weighted by Crippen LogP contribution is -2.32. The lowest BCUT2D eigenvalue weighted by molar-refractivity contribution is -0.124. The number of cyclic esters (lactones) is 1. The number of amides is 2. The predicted octanol–water partition coefficient (Wildman–Crippen LogP) is 4.17. The Kier molecular flexibility index (Phi) is 3.82. The van der Waals surface area contributed by atoms with Crippen molar-refractivity contribution in [1.29, 1.82) is 0 Å².